The number of amides is 1. The third kappa shape index (κ3) is 3.92. The molecule has 1 amide bonds. The molecule has 0 spiro atoms. The van der Waals surface area contributed by atoms with Gasteiger partial charge in [-0.2, -0.15) is 0 Å². The van der Waals surface area contributed by atoms with Crippen molar-refractivity contribution in [3.05, 3.63) is 70.9 Å². The highest BCUT2D eigenvalue weighted by Gasteiger charge is 2.08. The van der Waals surface area contributed by atoms with Gasteiger partial charge in [0.1, 0.15) is 0 Å². The molecule has 1 aromatic carbocycles. The Morgan fingerprint density at radius 1 is 1.13 bits per heavy atom. The summed E-state index contributed by atoms with van der Waals surface area (Å²) in [5, 5.41) is 8.12. The van der Waals surface area contributed by atoms with Gasteiger partial charge in [0.2, 0.25) is 0 Å². The Kier molecular flexibility index (Phi) is 4.63. The number of nitrogens with zero attached hydrogens (tertiary/aromatic N) is 2. The lowest BCUT2D eigenvalue weighted by molar-refractivity contribution is 0.103. The van der Waals surface area contributed by atoms with Gasteiger partial charge in [-0.1, -0.05) is 6.07 Å². The summed E-state index contributed by atoms with van der Waals surface area (Å²) in [4.78, 5) is 21.0. The zero-order valence-electron chi connectivity index (χ0n) is 12.6. The maximum absolute atomic E-state index is 12.0. The van der Waals surface area contributed by atoms with Crippen LogP contribution < -0.4 is 10.6 Å². The van der Waals surface area contributed by atoms with Crippen LogP contribution >= 0.6 is 11.3 Å². The fourth-order valence-electron chi connectivity index (χ4n) is 2.11. The number of thiophene rings is 1. The molecule has 0 unspecified atom stereocenters. The minimum absolute atomic E-state index is 0.0512. The number of hydrogen-bond acceptors (Lipinski definition) is 5. The first-order chi connectivity index (χ1) is 11.2. The van der Waals surface area contributed by atoms with Crippen LogP contribution in [0.5, 0.6) is 0 Å². The van der Waals surface area contributed by atoms with Gasteiger partial charge in [0.05, 0.1) is 22.8 Å². The van der Waals surface area contributed by atoms with Gasteiger partial charge in [-0.25, -0.2) is 0 Å². The van der Waals surface area contributed by atoms with E-state index in [1.54, 1.807) is 24.7 Å². The Morgan fingerprint density at radius 3 is 2.57 bits per heavy atom. The van der Waals surface area contributed by atoms with E-state index in [9.17, 15) is 4.79 Å². The standard InChI is InChI=1S/C17H16N4OS/c1-12(15-11-18-8-9-19-15)20-13-4-6-14(7-5-13)21-17(22)16-3-2-10-23-16/h2-12,20H,1H3,(H,21,22)/t12-/m1/s1. The quantitative estimate of drug-likeness (QED) is 0.745. The zero-order chi connectivity index (χ0) is 16.1. The Balaban J connectivity index is 1.62. The summed E-state index contributed by atoms with van der Waals surface area (Å²) >= 11 is 1.42. The number of hydrogen-bond donors (Lipinski definition) is 2. The number of nitrogens with one attached hydrogen (secondary N) is 2. The molecule has 0 bridgehead atoms. The van der Waals surface area contributed by atoms with Crippen LogP contribution in [0.25, 0.3) is 0 Å². The molecule has 2 aromatic heterocycles. The van der Waals surface area contributed by atoms with Gasteiger partial charge in [0.15, 0.2) is 0 Å². The number of benzene rings is 1. The SMILES string of the molecule is C[C@@H](Nc1ccc(NC(=O)c2cccs2)cc1)c1cnccn1. The molecule has 2 N–H and O–H groups in total. The average Bonchev–Trinajstić information content (AvgIpc) is 3.12. The van der Waals surface area contributed by atoms with Crippen molar-refractivity contribution in [2.75, 3.05) is 10.6 Å². The Bertz CT molecular complexity index is 757. The second-order valence-corrected chi connectivity index (χ2v) is 5.95. The van der Waals surface area contributed by atoms with E-state index < -0.39 is 0 Å². The van der Waals surface area contributed by atoms with Crippen molar-refractivity contribution >= 4 is 28.6 Å². The van der Waals surface area contributed by atoms with Gasteiger partial charge in [-0.3, -0.25) is 14.8 Å². The third-order valence-corrected chi connectivity index (χ3v) is 4.17. The van der Waals surface area contributed by atoms with E-state index in [-0.39, 0.29) is 11.9 Å². The monoisotopic (exact) mass is 324 g/mol. The van der Waals surface area contributed by atoms with Gasteiger partial charge in [0.25, 0.3) is 5.91 Å². The number of anilines is 2. The summed E-state index contributed by atoms with van der Waals surface area (Å²) in [6, 6.07) is 11.3. The van der Waals surface area contributed by atoms with E-state index in [0.29, 0.717) is 4.88 Å². The zero-order valence-corrected chi connectivity index (χ0v) is 13.4. The molecule has 0 saturated carbocycles. The highest BCUT2D eigenvalue weighted by Crippen LogP contribution is 2.20. The molecule has 0 aliphatic carbocycles. The Morgan fingerprint density at radius 2 is 1.91 bits per heavy atom. The summed E-state index contributed by atoms with van der Waals surface area (Å²) in [5.41, 5.74) is 2.60. The van der Waals surface area contributed by atoms with Gasteiger partial charge in [0, 0.05) is 23.8 Å². The molecule has 3 aromatic rings. The molecular weight excluding hydrogens is 308 g/mol. The number of carbonyl (C=O) groups is 1. The van der Waals surface area contributed by atoms with E-state index in [0.717, 1.165) is 17.1 Å². The van der Waals surface area contributed by atoms with Gasteiger partial charge < -0.3 is 10.6 Å². The van der Waals surface area contributed by atoms with E-state index >= 15 is 0 Å². The molecule has 5 nitrogen and oxygen atoms in total. The second kappa shape index (κ2) is 7.02. The first-order valence-electron chi connectivity index (χ1n) is 7.20. The highest BCUT2D eigenvalue weighted by atomic mass is 32.1. The molecule has 0 aliphatic heterocycles. The fourth-order valence-corrected chi connectivity index (χ4v) is 2.73. The van der Waals surface area contributed by atoms with E-state index in [1.165, 1.54) is 11.3 Å². The van der Waals surface area contributed by atoms with E-state index in [4.69, 9.17) is 0 Å². The Hall–Kier alpha value is -2.73. The van der Waals surface area contributed by atoms with Crippen molar-refractivity contribution in [2.24, 2.45) is 0 Å². The molecule has 0 saturated heterocycles. The summed E-state index contributed by atoms with van der Waals surface area (Å²) in [6.07, 6.45) is 5.07. The van der Waals surface area contributed by atoms with Crippen LogP contribution in [0, 0.1) is 0 Å². The summed E-state index contributed by atoms with van der Waals surface area (Å²) in [6.45, 7) is 2.02. The maximum Gasteiger partial charge on any atom is 0.265 e. The minimum atomic E-state index is -0.0892. The van der Waals surface area contributed by atoms with Gasteiger partial charge >= 0.3 is 0 Å². The predicted molar refractivity (Wildman–Crippen MR) is 92.8 cm³/mol. The number of rotatable bonds is 5. The molecule has 0 radical (unpaired) electrons. The largest absolute Gasteiger partial charge is 0.377 e. The van der Waals surface area contributed by atoms with Crippen molar-refractivity contribution in [3.63, 3.8) is 0 Å². The van der Waals surface area contributed by atoms with Crippen LogP contribution in [0.4, 0.5) is 11.4 Å². The van der Waals surface area contributed by atoms with Crippen LogP contribution in [0.3, 0.4) is 0 Å². The summed E-state index contributed by atoms with van der Waals surface area (Å²) in [5.74, 6) is -0.0892. The van der Waals surface area contributed by atoms with Crippen LogP contribution in [-0.4, -0.2) is 15.9 Å². The van der Waals surface area contributed by atoms with Crippen molar-refractivity contribution < 1.29 is 4.79 Å². The molecule has 3 rings (SSSR count). The molecule has 6 heteroatoms. The molecule has 23 heavy (non-hydrogen) atoms. The molecule has 1 atom stereocenters. The molecule has 116 valence electrons. The first kappa shape index (κ1) is 15.2. The van der Waals surface area contributed by atoms with Crippen molar-refractivity contribution in [3.8, 4) is 0 Å². The Labute approximate surface area is 138 Å². The summed E-state index contributed by atoms with van der Waals surface area (Å²) in [7, 11) is 0. The number of aromatic nitrogens is 2. The van der Waals surface area contributed by atoms with Crippen LogP contribution in [-0.2, 0) is 0 Å². The molecule has 0 aliphatic rings. The lowest BCUT2D eigenvalue weighted by atomic mass is 10.2. The van der Waals surface area contributed by atoms with Gasteiger partial charge in [-0.05, 0) is 42.6 Å². The smallest absolute Gasteiger partial charge is 0.265 e. The van der Waals surface area contributed by atoms with Crippen molar-refractivity contribution in [1.82, 2.24) is 9.97 Å². The van der Waals surface area contributed by atoms with Gasteiger partial charge in [-0.15, -0.1) is 11.3 Å². The van der Waals surface area contributed by atoms with Crippen LogP contribution in [0.15, 0.2) is 60.4 Å². The normalized spacial score (nSPS) is 11.7. The average molecular weight is 324 g/mol. The third-order valence-electron chi connectivity index (χ3n) is 3.30. The highest BCUT2D eigenvalue weighted by molar-refractivity contribution is 7.12. The first-order valence-corrected chi connectivity index (χ1v) is 8.08. The maximum atomic E-state index is 12.0. The summed E-state index contributed by atoms with van der Waals surface area (Å²) < 4.78 is 0. The lowest BCUT2D eigenvalue weighted by Crippen LogP contribution is -2.11. The molecule has 0 fully saturated rings. The lowest BCUT2D eigenvalue weighted by Gasteiger charge is -2.14. The molecular formula is C17H16N4OS. The topological polar surface area (TPSA) is 66.9 Å². The van der Waals surface area contributed by atoms with Crippen molar-refractivity contribution in [1.29, 1.82) is 0 Å². The number of carbonyl (C=O) groups excluding carboxylic acids is 1. The fraction of sp³-hybridized carbons (Fsp3) is 0.118. The van der Waals surface area contributed by atoms with Crippen LogP contribution in [0.1, 0.15) is 28.3 Å². The second-order valence-electron chi connectivity index (χ2n) is 5.01. The predicted octanol–water partition coefficient (Wildman–Crippen LogP) is 3.96. The van der Waals surface area contributed by atoms with E-state index in [2.05, 4.69) is 20.6 Å². The van der Waals surface area contributed by atoms with Crippen LogP contribution in [0.2, 0.25) is 0 Å². The minimum Gasteiger partial charge on any atom is -0.377 e. The van der Waals surface area contributed by atoms with E-state index in [1.807, 2.05) is 42.6 Å². The molecule has 2 heterocycles. The van der Waals surface area contributed by atoms with Crippen molar-refractivity contribution in [2.45, 2.75) is 13.0 Å².